The molecule has 0 radical (unpaired) electrons. The first kappa shape index (κ1) is 27.8. The minimum absolute atomic E-state index is 0.0681. The van der Waals surface area contributed by atoms with Crippen LogP contribution in [0.4, 0.5) is 5.69 Å². The normalized spacial score (nSPS) is 14.8. The number of amides is 2. The minimum Gasteiger partial charge on any atom is -0.494 e. The molecule has 1 aliphatic rings. The molecular weight excluding hydrogens is 502 g/mol. The number of hydrogen-bond donors (Lipinski definition) is 1. The molecule has 196 valence electrons. The van der Waals surface area contributed by atoms with Crippen LogP contribution in [0.2, 0.25) is 5.02 Å². The number of carbonyl (C=O) groups is 2. The number of carbonyl (C=O) groups excluding carboxylic acids is 2. The molecule has 36 heavy (non-hydrogen) atoms. The molecule has 1 unspecified atom stereocenters. The zero-order valence-corrected chi connectivity index (χ0v) is 22.5. The predicted octanol–water partition coefficient (Wildman–Crippen LogP) is 3.98. The molecule has 0 saturated heterocycles. The number of nitrogens with zero attached hydrogens (tertiary/aromatic N) is 2. The molecule has 0 spiro atoms. The van der Waals surface area contributed by atoms with Crippen molar-refractivity contribution in [1.29, 1.82) is 0 Å². The van der Waals surface area contributed by atoms with Crippen molar-refractivity contribution < 1.29 is 22.7 Å². The van der Waals surface area contributed by atoms with E-state index in [0.717, 1.165) is 36.2 Å². The molecule has 0 heterocycles. The summed E-state index contributed by atoms with van der Waals surface area (Å²) in [7, 11) is -3.80. The van der Waals surface area contributed by atoms with Gasteiger partial charge in [-0.05, 0) is 62.6 Å². The van der Waals surface area contributed by atoms with Gasteiger partial charge in [-0.1, -0.05) is 42.6 Å². The van der Waals surface area contributed by atoms with Crippen molar-refractivity contribution in [2.24, 2.45) is 0 Å². The number of benzene rings is 2. The van der Waals surface area contributed by atoms with Crippen molar-refractivity contribution >= 4 is 39.1 Å². The Hall–Kier alpha value is -2.78. The number of rotatable bonds is 11. The Morgan fingerprint density at radius 1 is 1.11 bits per heavy atom. The van der Waals surface area contributed by atoms with Crippen LogP contribution in [-0.4, -0.2) is 56.6 Å². The van der Waals surface area contributed by atoms with Crippen LogP contribution in [0.3, 0.4) is 0 Å². The van der Waals surface area contributed by atoms with Crippen molar-refractivity contribution in [3.8, 4) is 5.75 Å². The summed E-state index contributed by atoms with van der Waals surface area (Å²) in [6.07, 6.45) is 5.00. The molecule has 2 aromatic carbocycles. The average Bonchev–Trinajstić information content (AvgIpc) is 3.34. The fourth-order valence-electron chi connectivity index (χ4n) is 4.27. The standard InChI is InChI=1S/C26H34ClN3O5S/c1-4-35-23-15-13-22(14-16-23)30(36(3,33)34)18-25(31)29(17-20-9-5-8-12-24(20)27)19(2)26(32)28-21-10-6-7-11-21/h5,8-9,12-16,19,21H,4,6-7,10-11,17-18H2,1-3H3,(H,28,32). The second kappa shape index (κ2) is 12.5. The lowest BCUT2D eigenvalue weighted by molar-refractivity contribution is -0.139. The lowest BCUT2D eigenvalue weighted by atomic mass is 10.1. The van der Waals surface area contributed by atoms with Crippen LogP contribution in [0, 0.1) is 0 Å². The van der Waals surface area contributed by atoms with Crippen molar-refractivity contribution in [1.82, 2.24) is 10.2 Å². The maximum atomic E-state index is 13.6. The minimum atomic E-state index is -3.80. The zero-order valence-electron chi connectivity index (χ0n) is 20.9. The van der Waals surface area contributed by atoms with E-state index in [1.165, 1.54) is 4.90 Å². The topological polar surface area (TPSA) is 96.0 Å². The first-order valence-electron chi connectivity index (χ1n) is 12.1. The van der Waals surface area contributed by atoms with Crippen LogP contribution in [0.5, 0.6) is 5.75 Å². The van der Waals surface area contributed by atoms with Gasteiger partial charge in [0.15, 0.2) is 0 Å². The molecule has 1 atom stereocenters. The van der Waals surface area contributed by atoms with Crippen LogP contribution in [0.25, 0.3) is 0 Å². The van der Waals surface area contributed by atoms with E-state index >= 15 is 0 Å². The predicted molar refractivity (Wildman–Crippen MR) is 142 cm³/mol. The van der Waals surface area contributed by atoms with Crippen LogP contribution < -0.4 is 14.4 Å². The van der Waals surface area contributed by atoms with Crippen LogP contribution in [0.15, 0.2) is 48.5 Å². The van der Waals surface area contributed by atoms with Crippen LogP contribution in [-0.2, 0) is 26.2 Å². The van der Waals surface area contributed by atoms with Gasteiger partial charge < -0.3 is 15.0 Å². The molecule has 8 nitrogen and oxygen atoms in total. The van der Waals surface area contributed by atoms with E-state index in [2.05, 4.69) is 5.32 Å². The first-order valence-corrected chi connectivity index (χ1v) is 14.4. The summed E-state index contributed by atoms with van der Waals surface area (Å²) < 4.78 is 31.8. The second-order valence-electron chi connectivity index (χ2n) is 8.98. The third-order valence-electron chi connectivity index (χ3n) is 6.28. The average molecular weight is 536 g/mol. The summed E-state index contributed by atoms with van der Waals surface area (Å²) in [5, 5.41) is 3.50. The smallest absolute Gasteiger partial charge is 0.244 e. The van der Waals surface area contributed by atoms with E-state index in [-0.39, 0.29) is 18.5 Å². The summed E-state index contributed by atoms with van der Waals surface area (Å²) in [5.41, 5.74) is 0.995. The molecule has 0 bridgehead atoms. The van der Waals surface area contributed by atoms with Crippen LogP contribution >= 0.6 is 11.6 Å². The molecule has 1 aliphatic carbocycles. The fraction of sp³-hybridized carbons (Fsp3) is 0.462. The van der Waals surface area contributed by atoms with Gasteiger partial charge in [-0.25, -0.2) is 8.42 Å². The van der Waals surface area contributed by atoms with Crippen molar-refractivity contribution in [2.45, 2.75) is 58.2 Å². The number of sulfonamides is 1. The molecule has 2 aromatic rings. The van der Waals surface area contributed by atoms with Gasteiger partial charge in [-0.15, -0.1) is 0 Å². The molecule has 2 amide bonds. The van der Waals surface area contributed by atoms with Gasteiger partial charge in [0, 0.05) is 17.6 Å². The summed E-state index contributed by atoms with van der Waals surface area (Å²) in [5.74, 6) is -0.184. The summed E-state index contributed by atoms with van der Waals surface area (Å²) >= 11 is 6.35. The quantitative estimate of drug-likeness (QED) is 0.469. The Bertz CT molecular complexity index is 1150. The van der Waals surface area contributed by atoms with Gasteiger partial charge in [0.2, 0.25) is 21.8 Å². The molecule has 1 N–H and O–H groups in total. The van der Waals surface area contributed by atoms with Crippen LogP contribution in [0.1, 0.15) is 45.1 Å². The third-order valence-corrected chi connectivity index (χ3v) is 7.79. The number of ether oxygens (including phenoxy) is 1. The summed E-state index contributed by atoms with van der Waals surface area (Å²) in [6, 6.07) is 12.8. The molecule has 3 rings (SSSR count). The van der Waals surface area contributed by atoms with Gasteiger partial charge >= 0.3 is 0 Å². The molecular formula is C26H34ClN3O5S. The van der Waals surface area contributed by atoms with Crippen molar-refractivity contribution in [3.63, 3.8) is 0 Å². The van der Waals surface area contributed by atoms with E-state index in [1.807, 2.05) is 6.92 Å². The van der Waals surface area contributed by atoms with Gasteiger partial charge in [0.1, 0.15) is 18.3 Å². The first-order chi connectivity index (χ1) is 17.1. The zero-order chi connectivity index (χ0) is 26.3. The number of nitrogens with one attached hydrogen (secondary N) is 1. The highest BCUT2D eigenvalue weighted by Crippen LogP contribution is 2.24. The monoisotopic (exact) mass is 535 g/mol. The summed E-state index contributed by atoms with van der Waals surface area (Å²) in [6.45, 7) is 3.59. The molecule has 1 saturated carbocycles. The molecule has 1 fully saturated rings. The van der Waals surface area contributed by atoms with Crippen molar-refractivity contribution in [3.05, 3.63) is 59.1 Å². The van der Waals surface area contributed by atoms with Gasteiger partial charge in [-0.2, -0.15) is 0 Å². The Labute approximate surface area is 218 Å². The van der Waals surface area contributed by atoms with E-state index in [0.29, 0.717) is 28.6 Å². The highest BCUT2D eigenvalue weighted by Gasteiger charge is 2.31. The van der Waals surface area contributed by atoms with Gasteiger partial charge in [0.05, 0.1) is 18.6 Å². The highest BCUT2D eigenvalue weighted by molar-refractivity contribution is 7.92. The molecule has 0 aliphatic heterocycles. The fourth-order valence-corrected chi connectivity index (χ4v) is 5.32. The Balaban J connectivity index is 1.87. The largest absolute Gasteiger partial charge is 0.494 e. The van der Waals surface area contributed by atoms with Gasteiger partial charge in [-0.3, -0.25) is 13.9 Å². The van der Waals surface area contributed by atoms with Crippen molar-refractivity contribution in [2.75, 3.05) is 23.7 Å². The maximum absolute atomic E-state index is 13.6. The second-order valence-corrected chi connectivity index (χ2v) is 11.3. The Morgan fingerprint density at radius 3 is 2.33 bits per heavy atom. The lowest BCUT2D eigenvalue weighted by Gasteiger charge is -2.32. The SMILES string of the molecule is CCOc1ccc(N(CC(=O)N(Cc2ccccc2Cl)C(C)C(=O)NC2CCCC2)S(C)(=O)=O)cc1. The van der Waals surface area contributed by atoms with E-state index in [9.17, 15) is 18.0 Å². The molecule has 10 heteroatoms. The Kier molecular flexibility index (Phi) is 9.62. The Morgan fingerprint density at radius 2 is 1.75 bits per heavy atom. The molecule has 0 aromatic heterocycles. The third kappa shape index (κ3) is 7.36. The van der Waals surface area contributed by atoms with E-state index < -0.39 is 28.5 Å². The number of anilines is 1. The number of hydrogen-bond acceptors (Lipinski definition) is 5. The van der Waals surface area contributed by atoms with E-state index in [4.69, 9.17) is 16.3 Å². The van der Waals surface area contributed by atoms with E-state index in [1.54, 1.807) is 55.5 Å². The maximum Gasteiger partial charge on any atom is 0.244 e. The summed E-state index contributed by atoms with van der Waals surface area (Å²) in [4.78, 5) is 28.1. The van der Waals surface area contributed by atoms with Gasteiger partial charge in [0.25, 0.3) is 0 Å². The lowest BCUT2D eigenvalue weighted by Crippen LogP contribution is -2.52. The highest BCUT2D eigenvalue weighted by atomic mass is 35.5. The number of halogens is 1.